The van der Waals surface area contributed by atoms with Crippen molar-refractivity contribution < 1.29 is 14.6 Å². The van der Waals surface area contributed by atoms with Gasteiger partial charge in [0.2, 0.25) is 0 Å². The van der Waals surface area contributed by atoms with Gasteiger partial charge in [-0.2, -0.15) is 9.78 Å². The zero-order valence-corrected chi connectivity index (χ0v) is 21.1. The van der Waals surface area contributed by atoms with Crippen LogP contribution in [0.5, 0.6) is 5.75 Å². The quantitative estimate of drug-likeness (QED) is 0.325. The first kappa shape index (κ1) is 24.3. The highest BCUT2D eigenvalue weighted by molar-refractivity contribution is 9.10. The maximum absolute atomic E-state index is 13.2. The van der Waals surface area contributed by atoms with Crippen molar-refractivity contribution in [3.05, 3.63) is 104 Å². The van der Waals surface area contributed by atoms with Crippen LogP contribution < -0.4 is 10.3 Å². The summed E-state index contributed by atoms with van der Waals surface area (Å²) in [6.07, 6.45) is 1.62. The molecule has 0 radical (unpaired) electrons. The molecule has 1 aromatic heterocycles. The molecule has 8 heteroatoms. The lowest BCUT2D eigenvalue weighted by Crippen LogP contribution is -2.29. The van der Waals surface area contributed by atoms with E-state index in [0.29, 0.717) is 29.1 Å². The molecule has 0 fully saturated rings. The zero-order valence-electron chi connectivity index (χ0n) is 19.5. The fourth-order valence-corrected chi connectivity index (χ4v) is 3.79. The fraction of sp³-hybridized carbons (Fsp3) is 0.185. The number of benzene rings is 3. The normalized spacial score (nSPS) is 11.8. The molecule has 0 saturated heterocycles. The number of rotatable bonds is 6. The van der Waals surface area contributed by atoms with Gasteiger partial charge in [0.25, 0.3) is 5.56 Å². The van der Waals surface area contributed by atoms with Crippen LogP contribution in [0, 0.1) is 0 Å². The van der Waals surface area contributed by atoms with Gasteiger partial charge in [0, 0.05) is 9.89 Å². The van der Waals surface area contributed by atoms with Crippen LogP contribution in [0.25, 0.3) is 10.9 Å². The Kier molecular flexibility index (Phi) is 6.84. The molecule has 0 aliphatic rings. The molecule has 0 saturated carbocycles. The molecule has 0 aliphatic heterocycles. The molecule has 4 aromatic rings. The number of hydrogen-bond acceptors (Lipinski definition) is 5. The summed E-state index contributed by atoms with van der Waals surface area (Å²) in [6, 6.07) is 19.3. The Balaban J connectivity index is 1.55. The first-order valence-corrected chi connectivity index (χ1v) is 11.7. The number of halogens is 1. The Labute approximate surface area is 210 Å². The van der Waals surface area contributed by atoms with Gasteiger partial charge in [0.15, 0.2) is 0 Å². The van der Waals surface area contributed by atoms with Gasteiger partial charge in [0.1, 0.15) is 18.2 Å². The van der Waals surface area contributed by atoms with Crippen LogP contribution in [0.1, 0.15) is 48.1 Å². The Morgan fingerprint density at radius 1 is 1.09 bits per heavy atom. The monoisotopic (exact) mass is 533 g/mol. The second-order valence-corrected chi connectivity index (χ2v) is 9.98. The topological polar surface area (TPSA) is 93.8 Å². The Bertz CT molecular complexity index is 1470. The van der Waals surface area contributed by atoms with Crippen LogP contribution in [-0.2, 0) is 12.0 Å². The third-order valence-corrected chi connectivity index (χ3v) is 5.78. The van der Waals surface area contributed by atoms with Crippen molar-refractivity contribution >= 4 is 39.0 Å². The number of nitrogens with zero attached hydrogens (tertiary/aromatic N) is 3. The third-order valence-electron chi connectivity index (χ3n) is 5.29. The minimum absolute atomic E-state index is 0.230. The minimum atomic E-state index is -0.959. The number of ether oxygens (including phenoxy) is 1. The van der Waals surface area contributed by atoms with Gasteiger partial charge < -0.3 is 9.84 Å². The van der Waals surface area contributed by atoms with Gasteiger partial charge >= 0.3 is 5.97 Å². The SMILES string of the molecule is CC(C)(C)c1nc2ccc(Br)cc2c(=O)n1N=Cc1ccc(OCc2ccc(C(=O)O)cc2)cc1. The first-order chi connectivity index (χ1) is 16.6. The number of carboxylic acid groups (broad SMARTS) is 1. The van der Waals surface area contributed by atoms with E-state index in [2.05, 4.69) is 21.0 Å². The van der Waals surface area contributed by atoms with Crippen molar-refractivity contribution in [1.82, 2.24) is 9.66 Å². The summed E-state index contributed by atoms with van der Waals surface area (Å²) in [5.41, 5.74) is 1.91. The molecule has 0 aliphatic carbocycles. The molecule has 0 spiro atoms. The lowest BCUT2D eigenvalue weighted by Gasteiger charge is -2.20. The summed E-state index contributed by atoms with van der Waals surface area (Å²) in [6.45, 7) is 6.29. The molecule has 0 bridgehead atoms. The number of carboxylic acids is 1. The third kappa shape index (κ3) is 5.66. The maximum Gasteiger partial charge on any atom is 0.335 e. The van der Waals surface area contributed by atoms with Crippen molar-refractivity contribution in [3.8, 4) is 5.75 Å². The second-order valence-electron chi connectivity index (χ2n) is 9.07. The molecule has 4 rings (SSSR count). The summed E-state index contributed by atoms with van der Waals surface area (Å²) in [5.74, 6) is 0.274. The van der Waals surface area contributed by atoms with E-state index in [1.54, 1.807) is 36.5 Å². The molecule has 0 unspecified atom stereocenters. The van der Waals surface area contributed by atoms with Crippen molar-refractivity contribution in [3.63, 3.8) is 0 Å². The minimum Gasteiger partial charge on any atom is -0.489 e. The van der Waals surface area contributed by atoms with Crippen LogP contribution in [-0.4, -0.2) is 27.0 Å². The highest BCUT2D eigenvalue weighted by atomic mass is 79.9. The van der Waals surface area contributed by atoms with E-state index in [4.69, 9.17) is 14.8 Å². The number of fused-ring (bicyclic) bond motifs is 1. The molecular weight excluding hydrogens is 510 g/mol. The van der Waals surface area contributed by atoms with E-state index in [-0.39, 0.29) is 11.1 Å². The largest absolute Gasteiger partial charge is 0.489 e. The number of aromatic nitrogens is 2. The van der Waals surface area contributed by atoms with Gasteiger partial charge in [-0.05, 0) is 65.7 Å². The fourth-order valence-electron chi connectivity index (χ4n) is 3.43. The Morgan fingerprint density at radius 2 is 1.77 bits per heavy atom. The summed E-state index contributed by atoms with van der Waals surface area (Å²) >= 11 is 3.42. The Hall–Kier alpha value is -3.78. The van der Waals surface area contributed by atoms with Crippen molar-refractivity contribution in [2.24, 2.45) is 5.10 Å². The lowest BCUT2D eigenvalue weighted by molar-refractivity contribution is 0.0697. The molecule has 1 N–H and O–H groups in total. The molecule has 7 nitrogen and oxygen atoms in total. The van der Waals surface area contributed by atoms with Crippen molar-refractivity contribution in [1.29, 1.82) is 0 Å². The van der Waals surface area contributed by atoms with Crippen LogP contribution in [0.4, 0.5) is 0 Å². The summed E-state index contributed by atoms with van der Waals surface area (Å²) in [5, 5.41) is 14.0. The Morgan fingerprint density at radius 3 is 2.40 bits per heavy atom. The second kappa shape index (κ2) is 9.84. The smallest absolute Gasteiger partial charge is 0.335 e. The average Bonchev–Trinajstić information content (AvgIpc) is 2.82. The van der Waals surface area contributed by atoms with Crippen LogP contribution in [0.3, 0.4) is 0 Å². The van der Waals surface area contributed by atoms with E-state index in [1.807, 2.05) is 57.2 Å². The number of carbonyl (C=O) groups is 1. The zero-order chi connectivity index (χ0) is 25.2. The standard InChI is InChI=1S/C27H24BrN3O4/c1-27(2,3)26-30-23-13-10-20(28)14-22(23)24(32)31(26)29-15-17-6-11-21(12-7-17)35-16-18-4-8-19(9-5-18)25(33)34/h4-15H,16H2,1-3H3,(H,33,34). The highest BCUT2D eigenvalue weighted by Crippen LogP contribution is 2.23. The van der Waals surface area contributed by atoms with E-state index in [9.17, 15) is 9.59 Å². The molecule has 35 heavy (non-hydrogen) atoms. The van der Waals surface area contributed by atoms with Crippen LogP contribution >= 0.6 is 15.9 Å². The molecular formula is C27H24BrN3O4. The van der Waals surface area contributed by atoms with Gasteiger partial charge in [0.05, 0.1) is 22.7 Å². The van der Waals surface area contributed by atoms with Crippen LogP contribution in [0.2, 0.25) is 0 Å². The predicted octanol–water partition coefficient (Wildman–Crippen LogP) is 5.62. The predicted molar refractivity (Wildman–Crippen MR) is 140 cm³/mol. The van der Waals surface area contributed by atoms with Crippen molar-refractivity contribution in [2.45, 2.75) is 32.8 Å². The summed E-state index contributed by atoms with van der Waals surface area (Å²) < 4.78 is 7.95. The van der Waals surface area contributed by atoms with E-state index in [1.165, 1.54) is 4.68 Å². The highest BCUT2D eigenvalue weighted by Gasteiger charge is 2.22. The van der Waals surface area contributed by atoms with Gasteiger partial charge in [-0.25, -0.2) is 9.78 Å². The molecule has 0 atom stereocenters. The van der Waals surface area contributed by atoms with Crippen LogP contribution in [0.15, 0.2) is 81.1 Å². The van der Waals surface area contributed by atoms with Gasteiger partial charge in [-0.3, -0.25) is 4.79 Å². The first-order valence-electron chi connectivity index (χ1n) is 10.9. The van der Waals surface area contributed by atoms with E-state index < -0.39 is 11.4 Å². The van der Waals surface area contributed by atoms with E-state index in [0.717, 1.165) is 15.6 Å². The molecule has 0 amide bonds. The summed E-state index contributed by atoms with van der Waals surface area (Å²) in [7, 11) is 0. The van der Waals surface area contributed by atoms with Gasteiger partial charge in [-0.1, -0.05) is 48.8 Å². The molecule has 3 aromatic carbocycles. The number of aromatic carboxylic acids is 1. The molecule has 1 heterocycles. The van der Waals surface area contributed by atoms with E-state index >= 15 is 0 Å². The van der Waals surface area contributed by atoms with Crippen molar-refractivity contribution in [2.75, 3.05) is 0 Å². The lowest BCUT2D eigenvalue weighted by atomic mass is 9.95. The molecule has 178 valence electrons. The number of hydrogen-bond donors (Lipinski definition) is 1. The maximum atomic E-state index is 13.2. The van der Waals surface area contributed by atoms with Gasteiger partial charge in [-0.15, -0.1) is 0 Å². The average molecular weight is 534 g/mol. The summed E-state index contributed by atoms with van der Waals surface area (Å²) in [4.78, 5) is 28.9.